The molecule has 1 heterocycles. The molecule has 1 N–H and O–H groups in total. The SMILES string of the molecule is CCOC(=O)c1c(C[NH+](C)Cc2ccc(OC)c(OC)c2)nc2ccccc2c1C. The lowest BCUT2D eigenvalue weighted by molar-refractivity contribution is -0.908. The Morgan fingerprint density at radius 2 is 1.77 bits per heavy atom. The van der Waals surface area contributed by atoms with Gasteiger partial charge in [-0.25, -0.2) is 9.78 Å². The number of hydrogen-bond acceptors (Lipinski definition) is 5. The second-order valence-electron chi connectivity index (χ2n) is 7.30. The van der Waals surface area contributed by atoms with Gasteiger partial charge in [0.05, 0.1) is 39.0 Å². The Morgan fingerprint density at radius 1 is 1.03 bits per heavy atom. The van der Waals surface area contributed by atoms with E-state index in [9.17, 15) is 4.79 Å². The van der Waals surface area contributed by atoms with E-state index in [1.54, 1.807) is 14.2 Å². The van der Waals surface area contributed by atoms with Crippen LogP contribution in [0.1, 0.15) is 34.1 Å². The van der Waals surface area contributed by atoms with Crippen molar-refractivity contribution in [2.45, 2.75) is 26.9 Å². The lowest BCUT2D eigenvalue weighted by Gasteiger charge is -2.18. The van der Waals surface area contributed by atoms with E-state index < -0.39 is 0 Å². The topological polar surface area (TPSA) is 62.1 Å². The maximum Gasteiger partial charge on any atom is 0.340 e. The molecule has 0 bridgehead atoms. The fraction of sp³-hybridized carbons (Fsp3) is 0.333. The Bertz CT molecular complexity index is 1050. The summed E-state index contributed by atoms with van der Waals surface area (Å²) < 4.78 is 16.1. The van der Waals surface area contributed by atoms with Crippen LogP contribution in [-0.2, 0) is 17.8 Å². The van der Waals surface area contributed by atoms with Crippen molar-refractivity contribution < 1.29 is 23.9 Å². The van der Waals surface area contributed by atoms with E-state index in [1.807, 2.05) is 56.3 Å². The minimum atomic E-state index is -0.317. The molecule has 0 amide bonds. The first kappa shape index (κ1) is 21.6. The van der Waals surface area contributed by atoms with Crippen molar-refractivity contribution in [1.29, 1.82) is 0 Å². The van der Waals surface area contributed by atoms with Crippen molar-refractivity contribution in [3.63, 3.8) is 0 Å². The van der Waals surface area contributed by atoms with Crippen LogP contribution >= 0.6 is 0 Å². The van der Waals surface area contributed by atoms with Gasteiger partial charge < -0.3 is 19.1 Å². The quantitative estimate of drug-likeness (QED) is 0.580. The number of carbonyl (C=O) groups is 1. The van der Waals surface area contributed by atoms with Gasteiger partial charge in [-0.2, -0.15) is 0 Å². The zero-order valence-corrected chi connectivity index (χ0v) is 18.2. The number of ether oxygens (including phenoxy) is 3. The third-order valence-corrected chi connectivity index (χ3v) is 5.13. The van der Waals surface area contributed by atoms with E-state index in [-0.39, 0.29) is 5.97 Å². The summed E-state index contributed by atoms with van der Waals surface area (Å²) in [6, 6.07) is 13.8. The minimum absolute atomic E-state index is 0.317. The molecule has 1 unspecified atom stereocenters. The largest absolute Gasteiger partial charge is 0.493 e. The Morgan fingerprint density at radius 3 is 2.47 bits per heavy atom. The number of aromatic nitrogens is 1. The predicted octanol–water partition coefficient (Wildman–Crippen LogP) is 2.95. The van der Waals surface area contributed by atoms with E-state index in [0.29, 0.717) is 30.2 Å². The number of hydrogen-bond donors (Lipinski definition) is 1. The average molecular weight is 410 g/mol. The summed E-state index contributed by atoms with van der Waals surface area (Å²) in [4.78, 5) is 18.7. The molecule has 0 radical (unpaired) electrons. The zero-order chi connectivity index (χ0) is 21.7. The van der Waals surface area contributed by atoms with Gasteiger partial charge in [-0.3, -0.25) is 0 Å². The number of carbonyl (C=O) groups excluding carboxylic acids is 1. The molecule has 0 spiro atoms. The molecule has 6 heteroatoms. The molecule has 3 aromatic rings. The molecule has 1 atom stereocenters. The Labute approximate surface area is 177 Å². The molecule has 0 aliphatic rings. The van der Waals surface area contributed by atoms with Crippen LogP contribution in [0.15, 0.2) is 42.5 Å². The van der Waals surface area contributed by atoms with Crippen LogP contribution in [-0.4, -0.2) is 38.8 Å². The Hall–Kier alpha value is -3.12. The molecule has 3 rings (SSSR count). The number of benzene rings is 2. The second-order valence-corrected chi connectivity index (χ2v) is 7.30. The number of nitrogens with one attached hydrogen (secondary N) is 1. The number of methoxy groups -OCH3 is 2. The highest BCUT2D eigenvalue weighted by Crippen LogP contribution is 2.27. The van der Waals surface area contributed by atoms with E-state index in [2.05, 4.69) is 7.05 Å². The third kappa shape index (κ3) is 4.54. The fourth-order valence-electron chi connectivity index (χ4n) is 3.73. The summed E-state index contributed by atoms with van der Waals surface area (Å²) in [6.45, 7) is 5.45. The molecule has 158 valence electrons. The van der Waals surface area contributed by atoms with Crippen molar-refractivity contribution >= 4 is 16.9 Å². The number of pyridine rings is 1. The number of esters is 1. The molecule has 1 aromatic heterocycles. The van der Waals surface area contributed by atoms with Gasteiger partial charge in [0.25, 0.3) is 0 Å². The standard InChI is InChI=1S/C24H28N2O4/c1-6-30-24(27)23-16(2)18-9-7-8-10-19(18)25-20(23)15-26(3)14-17-11-12-21(28-4)22(13-17)29-5/h7-13H,6,14-15H2,1-5H3/p+1. The van der Waals surface area contributed by atoms with Gasteiger partial charge in [0.1, 0.15) is 18.8 Å². The Balaban J connectivity index is 1.92. The van der Waals surface area contributed by atoms with Gasteiger partial charge in [0, 0.05) is 10.9 Å². The molecule has 0 fully saturated rings. The summed E-state index contributed by atoms with van der Waals surface area (Å²) in [6.07, 6.45) is 0. The summed E-state index contributed by atoms with van der Waals surface area (Å²) in [5.41, 5.74) is 4.23. The first-order chi connectivity index (χ1) is 14.5. The van der Waals surface area contributed by atoms with E-state index in [1.165, 1.54) is 4.90 Å². The third-order valence-electron chi connectivity index (χ3n) is 5.13. The van der Waals surface area contributed by atoms with Crippen LogP contribution in [0.5, 0.6) is 11.5 Å². The monoisotopic (exact) mass is 409 g/mol. The van der Waals surface area contributed by atoms with Crippen molar-refractivity contribution in [2.75, 3.05) is 27.9 Å². The lowest BCUT2D eigenvalue weighted by atomic mass is 10.0. The first-order valence-electron chi connectivity index (χ1n) is 10.1. The first-order valence-corrected chi connectivity index (χ1v) is 10.1. The number of quaternary nitrogens is 1. The smallest absolute Gasteiger partial charge is 0.340 e. The van der Waals surface area contributed by atoms with Crippen molar-refractivity contribution in [2.24, 2.45) is 0 Å². The van der Waals surface area contributed by atoms with Gasteiger partial charge in [0.2, 0.25) is 0 Å². The predicted molar refractivity (Wildman–Crippen MR) is 116 cm³/mol. The maximum absolute atomic E-state index is 12.7. The lowest BCUT2D eigenvalue weighted by Crippen LogP contribution is -3.06. The molecular formula is C24H29N2O4+. The number of nitrogens with zero attached hydrogens (tertiary/aromatic N) is 1. The van der Waals surface area contributed by atoms with Crippen molar-refractivity contribution in [1.82, 2.24) is 4.98 Å². The number of para-hydroxylation sites is 1. The number of fused-ring (bicyclic) bond motifs is 1. The van der Waals surface area contributed by atoms with Crippen LogP contribution < -0.4 is 14.4 Å². The molecule has 30 heavy (non-hydrogen) atoms. The average Bonchev–Trinajstić information content (AvgIpc) is 2.73. The van der Waals surface area contributed by atoms with Crippen molar-refractivity contribution in [3.8, 4) is 11.5 Å². The van der Waals surface area contributed by atoms with Gasteiger partial charge in [-0.1, -0.05) is 18.2 Å². The van der Waals surface area contributed by atoms with E-state index >= 15 is 0 Å². The fourth-order valence-corrected chi connectivity index (χ4v) is 3.73. The molecule has 0 saturated carbocycles. The van der Waals surface area contributed by atoms with E-state index in [4.69, 9.17) is 19.2 Å². The van der Waals surface area contributed by atoms with Gasteiger partial charge in [-0.05, 0) is 43.7 Å². The normalized spacial score (nSPS) is 11.9. The minimum Gasteiger partial charge on any atom is -0.493 e. The van der Waals surface area contributed by atoms with E-state index in [0.717, 1.165) is 34.3 Å². The molecule has 0 aliphatic heterocycles. The van der Waals surface area contributed by atoms with Crippen molar-refractivity contribution in [3.05, 3.63) is 64.8 Å². The van der Waals surface area contributed by atoms with Gasteiger partial charge in [0.15, 0.2) is 11.5 Å². The zero-order valence-electron chi connectivity index (χ0n) is 18.2. The second kappa shape index (κ2) is 9.59. The number of rotatable bonds is 8. The highest BCUT2D eigenvalue weighted by atomic mass is 16.5. The summed E-state index contributed by atoms with van der Waals surface area (Å²) in [7, 11) is 5.34. The van der Waals surface area contributed by atoms with Gasteiger partial charge >= 0.3 is 5.97 Å². The molecular weight excluding hydrogens is 380 g/mol. The summed E-state index contributed by atoms with van der Waals surface area (Å²) in [5, 5.41) is 0.974. The molecule has 6 nitrogen and oxygen atoms in total. The Kier molecular flexibility index (Phi) is 6.90. The van der Waals surface area contributed by atoms with Crippen LogP contribution in [0, 0.1) is 6.92 Å². The molecule has 0 aliphatic carbocycles. The van der Waals surface area contributed by atoms with Crippen LogP contribution in [0.3, 0.4) is 0 Å². The highest BCUT2D eigenvalue weighted by Gasteiger charge is 2.22. The molecule has 0 saturated heterocycles. The summed E-state index contributed by atoms with van der Waals surface area (Å²) >= 11 is 0. The number of aryl methyl sites for hydroxylation is 1. The van der Waals surface area contributed by atoms with Crippen LogP contribution in [0.2, 0.25) is 0 Å². The van der Waals surface area contributed by atoms with Crippen LogP contribution in [0.4, 0.5) is 0 Å². The summed E-state index contributed by atoms with van der Waals surface area (Å²) in [5.74, 6) is 1.09. The van der Waals surface area contributed by atoms with Gasteiger partial charge in [-0.15, -0.1) is 0 Å². The molecule has 2 aromatic carbocycles. The highest BCUT2D eigenvalue weighted by molar-refractivity contribution is 5.98. The maximum atomic E-state index is 12.7. The van der Waals surface area contributed by atoms with Crippen LogP contribution in [0.25, 0.3) is 10.9 Å².